The summed E-state index contributed by atoms with van der Waals surface area (Å²) in [5, 5.41) is 0. The van der Waals surface area contributed by atoms with E-state index in [4.69, 9.17) is 4.74 Å². The van der Waals surface area contributed by atoms with Gasteiger partial charge in [-0.15, -0.1) is 0 Å². The molecule has 166 valence electrons. The van der Waals surface area contributed by atoms with E-state index in [2.05, 4.69) is 24.3 Å². The molecule has 1 aliphatic carbocycles. The molecular formula is C23H34N2O4S. The van der Waals surface area contributed by atoms with E-state index in [1.54, 1.807) is 4.31 Å². The number of piperidine rings is 1. The molecule has 2 aliphatic heterocycles. The third-order valence-corrected chi connectivity index (χ3v) is 9.25. The first-order valence-corrected chi connectivity index (χ1v) is 12.8. The Hall–Kier alpha value is -1.44. The number of fused-ring (bicyclic) bond motifs is 2. The number of hydrogen-bond donors (Lipinski definition) is 0. The van der Waals surface area contributed by atoms with Gasteiger partial charge in [0.25, 0.3) is 0 Å². The van der Waals surface area contributed by atoms with Crippen molar-refractivity contribution in [2.45, 2.75) is 50.9 Å². The van der Waals surface area contributed by atoms with E-state index in [-0.39, 0.29) is 28.9 Å². The van der Waals surface area contributed by atoms with Crippen molar-refractivity contribution >= 4 is 15.9 Å². The van der Waals surface area contributed by atoms with Crippen LogP contribution >= 0.6 is 0 Å². The molecule has 0 aromatic heterocycles. The molecule has 0 unspecified atom stereocenters. The zero-order valence-electron chi connectivity index (χ0n) is 18.2. The fourth-order valence-electron chi connectivity index (χ4n) is 5.55. The zero-order chi connectivity index (χ0) is 21.4. The van der Waals surface area contributed by atoms with Crippen LogP contribution < -0.4 is 0 Å². The van der Waals surface area contributed by atoms with Gasteiger partial charge in [0.1, 0.15) is 0 Å². The van der Waals surface area contributed by atoms with E-state index in [9.17, 15) is 13.2 Å². The summed E-state index contributed by atoms with van der Waals surface area (Å²) in [4.78, 5) is 14.8. The van der Waals surface area contributed by atoms with Gasteiger partial charge in [-0.2, -0.15) is 0 Å². The topological polar surface area (TPSA) is 66.9 Å². The van der Waals surface area contributed by atoms with Gasteiger partial charge >= 0.3 is 0 Å². The SMILES string of the molecule is CC(C)CS(=O)(=O)N1CCC2(CC1)C[C@H](CC(=O)N1CCOCC1)c1ccccc12. The Balaban J connectivity index is 1.48. The molecule has 2 saturated heterocycles. The van der Waals surface area contributed by atoms with Crippen LogP contribution in [0.5, 0.6) is 0 Å². The predicted molar refractivity (Wildman–Crippen MR) is 117 cm³/mol. The third-order valence-electron chi connectivity index (χ3n) is 7.01. The molecule has 0 radical (unpaired) electrons. The molecule has 0 N–H and O–H groups in total. The van der Waals surface area contributed by atoms with Crippen LogP contribution in [0.4, 0.5) is 0 Å². The number of ether oxygens (including phenoxy) is 1. The maximum Gasteiger partial charge on any atom is 0.223 e. The Morgan fingerprint density at radius 1 is 1.13 bits per heavy atom. The standard InChI is InChI=1S/C23H34N2O4S/c1-18(2)17-30(27,28)25-9-7-23(8-10-25)16-19(20-5-3-4-6-21(20)23)15-22(26)24-11-13-29-14-12-24/h3-6,18-19H,7-17H2,1-2H3/t19-/m0/s1. The number of amides is 1. The molecule has 1 atom stereocenters. The minimum Gasteiger partial charge on any atom is -0.378 e. The number of carbonyl (C=O) groups excluding carboxylic acids is 1. The molecule has 0 bridgehead atoms. The molecule has 0 saturated carbocycles. The largest absolute Gasteiger partial charge is 0.378 e. The molecule has 1 aromatic carbocycles. The van der Waals surface area contributed by atoms with Gasteiger partial charge in [0, 0.05) is 32.6 Å². The van der Waals surface area contributed by atoms with Crippen molar-refractivity contribution in [3.63, 3.8) is 0 Å². The van der Waals surface area contributed by atoms with Gasteiger partial charge in [-0.05, 0) is 47.6 Å². The lowest BCUT2D eigenvalue weighted by molar-refractivity contribution is -0.135. The second kappa shape index (κ2) is 8.60. The van der Waals surface area contributed by atoms with Crippen LogP contribution in [0.25, 0.3) is 0 Å². The Kier molecular flexibility index (Phi) is 6.24. The van der Waals surface area contributed by atoms with E-state index in [0.29, 0.717) is 45.8 Å². The summed E-state index contributed by atoms with van der Waals surface area (Å²) in [5.74, 6) is 0.781. The number of carbonyl (C=O) groups is 1. The van der Waals surface area contributed by atoms with E-state index in [1.807, 2.05) is 18.7 Å². The lowest BCUT2D eigenvalue weighted by atomic mass is 9.73. The summed E-state index contributed by atoms with van der Waals surface area (Å²) in [6.45, 7) is 7.66. The number of benzene rings is 1. The summed E-state index contributed by atoms with van der Waals surface area (Å²) in [6, 6.07) is 8.51. The van der Waals surface area contributed by atoms with Gasteiger partial charge in [-0.25, -0.2) is 12.7 Å². The molecular weight excluding hydrogens is 400 g/mol. The third kappa shape index (κ3) is 4.30. The first kappa shape index (κ1) is 21.8. The highest BCUT2D eigenvalue weighted by Gasteiger charge is 2.47. The molecule has 2 fully saturated rings. The van der Waals surface area contributed by atoms with Crippen molar-refractivity contribution in [1.82, 2.24) is 9.21 Å². The van der Waals surface area contributed by atoms with Crippen LogP contribution in [-0.2, 0) is 25.0 Å². The van der Waals surface area contributed by atoms with Crippen molar-refractivity contribution in [1.29, 1.82) is 0 Å². The van der Waals surface area contributed by atoms with Crippen LogP contribution in [0.2, 0.25) is 0 Å². The first-order valence-electron chi connectivity index (χ1n) is 11.2. The summed E-state index contributed by atoms with van der Waals surface area (Å²) in [6.07, 6.45) is 3.15. The van der Waals surface area contributed by atoms with Gasteiger partial charge in [0.2, 0.25) is 15.9 Å². The summed E-state index contributed by atoms with van der Waals surface area (Å²) < 4.78 is 32.5. The minimum absolute atomic E-state index is 0.00357. The molecule has 6 nitrogen and oxygen atoms in total. The van der Waals surface area contributed by atoms with E-state index >= 15 is 0 Å². The maximum absolute atomic E-state index is 12.9. The highest BCUT2D eigenvalue weighted by atomic mass is 32.2. The quantitative estimate of drug-likeness (QED) is 0.715. The lowest BCUT2D eigenvalue weighted by Gasteiger charge is -2.40. The van der Waals surface area contributed by atoms with E-state index < -0.39 is 10.0 Å². The number of hydrogen-bond acceptors (Lipinski definition) is 4. The first-order chi connectivity index (χ1) is 14.3. The van der Waals surface area contributed by atoms with Crippen LogP contribution in [-0.4, -0.2) is 68.7 Å². The van der Waals surface area contributed by atoms with Gasteiger partial charge in [0.15, 0.2) is 0 Å². The Morgan fingerprint density at radius 2 is 1.80 bits per heavy atom. The van der Waals surface area contributed by atoms with Crippen molar-refractivity contribution in [2.24, 2.45) is 5.92 Å². The number of nitrogens with zero attached hydrogens (tertiary/aromatic N) is 2. The predicted octanol–water partition coefficient (Wildman–Crippen LogP) is 2.74. The van der Waals surface area contributed by atoms with Crippen molar-refractivity contribution in [3.8, 4) is 0 Å². The second-order valence-electron chi connectivity index (χ2n) is 9.54. The second-order valence-corrected chi connectivity index (χ2v) is 11.6. The van der Waals surface area contributed by atoms with E-state index in [1.165, 1.54) is 11.1 Å². The van der Waals surface area contributed by atoms with E-state index in [0.717, 1.165) is 19.3 Å². The lowest BCUT2D eigenvalue weighted by Crippen LogP contribution is -2.45. The monoisotopic (exact) mass is 434 g/mol. The normalized spacial score (nSPS) is 24.4. The molecule has 3 aliphatic rings. The minimum atomic E-state index is -3.19. The number of rotatable bonds is 5. The Bertz CT molecular complexity index is 869. The van der Waals surface area contributed by atoms with Gasteiger partial charge in [-0.1, -0.05) is 38.1 Å². The smallest absolute Gasteiger partial charge is 0.223 e. The number of sulfonamides is 1. The van der Waals surface area contributed by atoms with Gasteiger partial charge in [0.05, 0.1) is 19.0 Å². The highest BCUT2D eigenvalue weighted by molar-refractivity contribution is 7.89. The summed E-state index contributed by atoms with van der Waals surface area (Å²) in [5.41, 5.74) is 2.62. The average Bonchev–Trinajstić information content (AvgIpc) is 3.01. The molecule has 1 spiro atoms. The van der Waals surface area contributed by atoms with Crippen LogP contribution in [0.15, 0.2) is 24.3 Å². The van der Waals surface area contributed by atoms with Gasteiger partial charge in [-0.3, -0.25) is 4.79 Å². The highest BCUT2D eigenvalue weighted by Crippen LogP contribution is 2.53. The number of morpholine rings is 1. The molecule has 2 heterocycles. The van der Waals surface area contributed by atoms with Crippen LogP contribution in [0, 0.1) is 5.92 Å². The fraction of sp³-hybridized carbons (Fsp3) is 0.696. The summed E-state index contributed by atoms with van der Waals surface area (Å²) in [7, 11) is -3.19. The zero-order valence-corrected chi connectivity index (χ0v) is 19.0. The fourth-order valence-corrected chi connectivity index (χ4v) is 7.35. The molecule has 30 heavy (non-hydrogen) atoms. The molecule has 7 heteroatoms. The van der Waals surface area contributed by atoms with Crippen LogP contribution in [0.1, 0.15) is 56.6 Å². The molecule has 1 amide bonds. The van der Waals surface area contributed by atoms with Crippen molar-refractivity contribution in [3.05, 3.63) is 35.4 Å². The summed E-state index contributed by atoms with van der Waals surface area (Å²) >= 11 is 0. The van der Waals surface area contributed by atoms with Crippen LogP contribution in [0.3, 0.4) is 0 Å². The average molecular weight is 435 g/mol. The maximum atomic E-state index is 12.9. The molecule has 1 aromatic rings. The van der Waals surface area contributed by atoms with Gasteiger partial charge < -0.3 is 9.64 Å². The molecule has 4 rings (SSSR count). The van der Waals surface area contributed by atoms with Crippen molar-refractivity contribution < 1.29 is 17.9 Å². The Morgan fingerprint density at radius 3 is 2.47 bits per heavy atom. The van der Waals surface area contributed by atoms with Crippen molar-refractivity contribution in [2.75, 3.05) is 45.1 Å². The Labute approximate surface area is 180 Å².